The highest BCUT2D eigenvalue weighted by atomic mass is 19.3. The first kappa shape index (κ1) is 15.0. The van der Waals surface area contributed by atoms with Crippen molar-refractivity contribution in [2.24, 2.45) is 0 Å². The third kappa shape index (κ3) is 4.30. The van der Waals surface area contributed by atoms with Gasteiger partial charge in [0.1, 0.15) is 12.4 Å². The van der Waals surface area contributed by atoms with Crippen molar-refractivity contribution >= 4 is 0 Å². The molecule has 2 rings (SSSR count). The van der Waals surface area contributed by atoms with E-state index >= 15 is 0 Å². The summed E-state index contributed by atoms with van der Waals surface area (Å²) >= 11 is 0. The number of halogens is 2. The average Bonchev–Trinajstić information content (AvgIpc) is 2.52. The largest absolute Gasteiger partial charge is 0.487 e. The van der Waals surface area contributed by atoms with Gasteiger partial charge in [0.25, 0.3) is 0 Å². The second-order valence-corrected chi connectivity index (χ2v) is 4.35. The topological polar surface area (TPSA) is 29.5 Å². The summed E-state index contributed by atoms with van der Waals surface area (Å²) in [6.07, 6.45) is 0. The first-order valence-corrected chi connectivity index (χ1v) is 6.38. The lowest BCUT2D eigenvalue weighted by Crippen LogP contribution is -2.23. The van der Waals surface area contributed by atoms with Gasteiger partial charge in [-0.05, 0) is 18.2 Å². The van der Waals surface area contributed by atoms with Crippen LogP contribution in [0.1, 0.15) is 11.1 Å². The van der Waals surface area contributed by atoms with Crippen molar-refractivity contribution in [2.75, 3.05) is 13.2 Å². The molecule has 0 spiro atoms. The van der Waals surface area contributed by atoms with Crippen LogP contribution < -0.4 is 4.74 Å². The third-order valence-electron chi connectivity index (χ3n) is 2.76. The fraction of sp³-hybridized carbons (Fsp3) is 0.176. The van der Waals surface area contributed by atoms with Crippen LogP contribution in [0.25, 0.3) is 0 Å². The van der Waals surface area contributed by atoms with E-state index in [2.05, 4.69) is 11.8 Å². The van der Waals surface area contributed by atoms with Gasteiger partial charge < -0.3 is 9.84 Å². The smallest absolute Gasteiger partial charge is 0.306 e. The van der Waals surface area contributed by atoms with Crippen molar-refractivity contribution in [3.63, 3.8) is 0 Å². The molecule has 0 aromatic heterocycles. The van der Waals surface area contributed by atoms with Crippen LogP contribution >= 0.6 is 0 Å². The molecule has 0 atom stereocenters. The first-order valence-electron chi connectivity index (χ1n) is 6.38. The number of alkyl halides is 2. The minimum atomic E-state index is -3.06. The molecule has 21 heavy (non-hydrogen) atoms. The summed E-state index contributed by atoms with van der Waals surface area (Å²) in [5, 5.41) is 8.63. The fourth-order valence-corrected chi connectivity index (χ4v) is 1.74. The molecule has 0 aliphatic rings. The molecule has 0 aliphatic heterocycles. The first-order chi connectivity index (χ1) is 10.1. The molecule has 0 fully saturated rings. The maximum absolute atomic E-state index is 14.0. The van der Waals surface area contributed by atoms with Crippen LogP contribution in [0.3, 0.4) is 0 Å². The molecule has 1 N–H and O–H groups in total. The van der Waals surface area contributed by atoms with Gasteiger partial charge in [-0.3, -0.25) is 0 Å². The fourth-order valence-electron chi connectivity index (χ4n) is 1.74. The van der Waals surface area contributed by atoms with E-state index in [1.165, 1.54) is 12.1 Å². The normalized spacial score (nSPS) is 10.6. The van der Waals surface area contributed by atoms with Gasteiger partial charge in [0.05, 0.1) is 0 Å². The van der Waals surface area contributed by atoms with Gasteiger partial charge in [-0.2, -0.15) is 8.78 Å². The number of benzene rings is 2. The summed E-state index contributed by atoms with van der Waals surface area (Å²) in [5.74, 6) is 2.44. The number of rotatable bonds is 4. The van der Waals surface area contributed by atoms with E-state index in [-0.39, 0.29) is 12.2 Å². The molecular formula is C17H14F2O2. The standard InChI is InChI=1S/C17H14F2O2/c18-17(19,15-8-2-1-3-9-15)13-21-16-10-4-6-14(12-16)7-5-11-20/h1-4,6,8-10,12,20H,11,13H2. The Hall–Kier alpha value is -2.38. The molecule has 108 valence electrons. The van der Waals surface area contributed by atoms with E-state index in [0.717, 1.165) is 0 Å². The molecule has 0 amide bonds. The Morgan fingerprint density at radius 2 is 1.81 bits per heavy atom. The molecule has 0 radical (unpaired) electrons. The number of aliphatic hydroxyl groups is 1. The second kappa shape index (κ2) is 6.87. The summed E-state index contributed by atoms with van der Waals surface area (Å²) in [6.45, 7) is -0.995. The molecule has 0 heterocycles. The second-order valence-electron chi connectivity index (χ2n) is 4.35. The molecule has 4 heteroatoms. The van der Waals surface area contributed by atoms with Gasteiger partial charge in [-0.1, -0.05) is 48.2 Å². The highest BCUT2D eigenvalue weighted by molar-refractivity contribution is 5.39. The Kier molecular flexibility index (Phi) is 4.91. The maximum Gasteiger partial charge on any atom is 0.306 e. The van der Waals surface area contributed by atoms with E-state index in [1.54, 1.807) is 42.5 Å². The highest BCUT2D eigenvalue weighted by Gasteiger charge is 2.32. The lowest BCUT2D eigenvalue weighted by molar-refractivity contribution is -0.0467. The minimum absolute atomic E-state index is 0.0822. The van der Waals surface area contributed by atoms with Crippen LogP contribution in [-0.2, 0) is 5.92 Å². The summed E-state index contributed by atoms with van der Waals surface area (Å²) in [5.41, 5.74) is 0.519. The van der Waals surface area contributed by atoms with Crippen molar-refractivity contribution in [1.82, 2.24) is 0 Å². The van der Waals surface area contributed by atoms with E-state index in [4.69, 9.17) is 9.84 Å². The maximum atomic E-state index is 14.0. The zero-order valence-electron chi connectivity index (χ0n) is 11.2. The molecule has 0 saturated heterocycles. The predicted octanol–water partition coefficient (Wildman–Crippen LogP) is 3.20. The number of aliphatic hydroxyl groups excluding tert-OH is 1. The quantitative estimate of drug-likeness (QED) is 0.875. The molecule has 2 aromatic carbocycles. The summed E-state index contributed by atoms with van der Waals surface area (Å²) in [4.78, 5) is 0. The van der Waals surface area contributed by atoms with Crippen molar-refractivity contribution in [2.45, 2.75) is 5.92 Å². The van der Waals surface area contributed by atoms with Gasteiger partial charge >= 0.3 is 5.92 Å². The van der Waals surface area contributed by atoms with Crippen LogP contribution in [0, 0.1) is 11.8 Å². The van der Waals surface area contributed by atoms with Gasteiger partial charge in [0.15, 0.2) is 6.61 Å². The Balaban J connectivity index is 2.06. The molecule has 0 bridgehead atoms. The zero-order valence-corrected chi connectivity index (χ0v) is 11.2. The Bertz CT molecular complexity index is 643. The van der Waals surface area contributed by atoms with E-state index < -0.39 is 12.5 Å². The molecule has 2 nitrogen and oxygen atoms in total. The number of hydrogen-bond acceptors (Lipinski definition) is 2. The number of hydrogen-bond donors (Lipinski definition) is 1. The van der Waals surface area contributed by atoms with E-state index in [1.807, 2.05) is 0 Å². The lowest BCUT2D eigenvalue weighted by atomic mass is 10.1. The molecule has 0 aliphatic carbocycles. The third-order valence-corrected chi connectivity index (χ3v) is 2.76. The Morgan fingerprint density at radius 3 is 2.52 bits per heavy atom. The molecule has 0 unspecified atom stereocenters. The summed E-state index contributed by atoms with van der Waals surface area (Å²) in [7, 11) is 0. The van der Waals surface area contributed by atoms with Crippen LogP contribution in [0.15, 0.2) is 54.6 Å². The van der Waals surface area contributed by atoms with Crippen LogP contribution in [0.2, 0.25) is 0 Å². The van der Waals surface area contributed by atoms with Gasteiger partial charge in [0, 0.05) is 11.1 Å². The zero-order chi connectivity index (χ0) is 15.1. The van der Waals surface area contributed by atoms with Crippen molar-refractivity contribution in [3.8, 4) is 17.6 Å². The van der Waals surface area contributed by atoms with Crippen LogP contribution in [0.5, 0.6) is 5.75 Å². The summed E-state index contributed by atoms with van der Waals surface area (Å²) in [6, 6.07) is 14.1. The SMILES string of the molecule is OCC#Cc1cccc(OCC(F)(F)c2ccccc2)c1. The van der Waals surface area contributed by atoms with E-state index in [0.29, 0.717) is 11.3 Å². The molecule has 0 saturated carbocycles. The summed E-state index contributed by atoms with van der Waals surface area (Å²) < 4.78 is 33.1. The lowest BCUT2D eigenvalue weighted by Gasteiger charge is -2.17. The van der Waals surface area contributed by atoms with Gasteiger partial charge in [-0.25, -0.2) is 0 Å². The van der Waals surface area contributed by atoms with Gasteiger partial charge in [-0.15, -0.1) is 0 Å². The Labute approximate surface area is 122 Å². The van der Waals surface area contributed by atoms with Crippen LogP contribution in [0.4, 0.5) is 8.78 Å². The molecule has 2 aromatic rings. The highest BCUT2D eigenvalue weighted by Crippen LogP contribution is 2.28. The molecular weight excluding hydrogens is 274 g/mol. The monoisotopic (exact) mass is 288 g/mol. The van der Waals surface area contributed by atoms with Crippen molar-refractivity contribution in [3.05, 3.63) is 65.7 Å². The Morgan fingerprint density at radius 1 is 1.05 bits per heavy atom. The average molecular weight is 288 g/mol. The van der Waals surface area contributed by atoms with Gasteiger partial charge in [0.2, 0.25) is 0 Å². The van der Waals surface area contributed by atoms with Crippen LogP contribution in [-0.4, -0.2) is 18.3 Å². The van der Waals surface area contributed by atoms with Crippen molar-refractivity contribution in [1.29, 1.82) is 0 Å². The van der Waals surface area contributed by atoms with Crippen molar-refractivity contribution < 1.29 is 18.6 Å². The number of ether oxygens (including phenoxy) is 1. The van der Waals surface area contributed by atoms with E-state index in [9.17, 15) is 8.78 Å². The minimum Gasteiger partial charge on any atom is -0.487 e. The predicted molar refractivity (Wildman–Crippen MR) is 76.2 cm³/mol.